The monoisotopic (exact) mass is 267 g/mol. The third-order valence-corrected chi connectivity index (χ3v) is 4.34. The molecule has 5 nitrogen and oxygen atoms in total. The molecule has 0 aromatic rings. The van der Waals surface area contributed by atoms with E-state index in [1.165, 1.54) is 19.4 Å². The normalized spacial score (nSPS) is 31.6. The van der Waals surface area contributed by atoms with Crippen molar-refractivity contribution in [3.63, 3.8) is 0 Å². The summed E-state index contributed by atoms with van der Waals surface area (Å²) in [6.45, 7) is 4.86. The lowest BCUT2D eigenvalue weighted by Crippen LogP contribution is -2.45. The smallest absolute Gasteiger partial charge is 0.315 e. The van der Waals surface area contributed by atoms with Gasteiger partial charge in [0.25, 0.3) is 0 Å². The SMILES string of the molecule is O=C(NC[C@H]1CCCO1)N[C@H]1CCN(CC2CC2)C1. The first-order valence-electron chi connectivity index (χ1n) is 7.68. The van der Waals surface area contributed by atoms with Gasteiger partial charge in [-0.15, -0.1) is 0 Å². The van der Waals surface area contributed by atoms with Crippen molar-refractivity contribution in [3.8, 4) is 0 Å². The highest BCUT2D eigenvalue weighted by atomic mass is 16.5. The Morgan fingerprint density at radius 1 is 1.26 bits per heavy atom. The highest BCUT2D eigenvalue weighted by Crippen LogP contribution is 2.30. The number of hydrogen-bond acceptors (Lipinski definition) is 3. The molecule has 0 unspecified atom stereocenters. The molecule has 108 valence electrons. The Bertz CT molecular complexity index is 314. The van der Waals surface area contributed by atoms with Gasteiger partial charge in [-0.25, -0.2) is 4.79 Å². The molecule has 2 heterocycles. The van der Waals surface area contributed by atoms with Crippen LogP contribution in [0.1, 0.15) is 32.1 Å². The lowest BCUT2D eigenvalue weighted by molar-refractivity contribution is 0.111. The van der Waals surface area contributed by atoms with E-state index in [1.807, 2.05) is 0 Å². The molecule has 3 rings (SSSR count). The molecular weight excluding hydrogens is 242 g/mol. The fourth-order valence-corrected chi connectivity index (χ4v) is 3.03. The van der Waals surface area contributed by atoms with E-state index in [2.05, 4.69) is 15.5 Å². The van der Waals surface area contributed by atoms with Gasteiger partial charge in [-0.05, 0) is 38.0 Å². The summed E-state index contributed by atoms with van der Waals surface area (Å²) in [4.78, 5) is 14.3. The third-order valence-electron chi connectivity index (χ3n) is 4.34. The van der Waals surface area contributed by atoms with Crippen molar-refractivity contribution in [2.75, 3.05) is 32.8 Å². The molecule has 3 aliphatic rings. The largest absolute Gasteiger partial charge is 0.376 e. The molecule has 5 heteroatoms. The zero-order chi connectivity index (χ0) is 13.1. The number of rotatable bonds is 5. The van der Waals surface area contributed by atoms with Crippen molar-refractivity contribution in [1.29, 1.82) is 0 Å². The molecule has 1 aliphatic carbocycles. The molecule has 0 spiro atoms. The maximum absolute atomic E-state index is 11.8. The summed E-state index contributed by atoms with van der Waals surface area (Å²) in [5, 5.41) is 6.01. The standard InChI is InChI=1S/C14H25N3O2/c18-14(15-8-13-2-1-7-19-13)16-12-5-6-17(10-12)9-11-3-4-11/h11-13H,1-10H2,(H2,15,16,18)/t12-,13+/m0/s1. The number of hydrogen-bond donors (Lipinski definition) is 2. The third kappa shape index (κ3) is 4.08. The van der Waals surface area contributed by atoms with Crippen molar-refractivity contribution in [3.05, 3.63) is 0 Å². The summed E-state index contributed by atoms with van der Waals surface area (Å²) in [5.74, 6) is 0.937. The van der Waals surface area contributed by atoms with Gasteiger partial charge in [0.1, 0.15) is 0 Å². The number of carbonyl (C=O) groups excluding carboxylic acids is 1. The number of nitrogens with zero attached hydrogens (tertiary/aromatic N) is 1. The Labute approximate surface area is 115 Å². The van der Waals surface area contributed by atoms with E-state index in [1.54, 1.807) is 0 Å². The Hall–Kier alpha value is -0.810. The van der Waals surface area contributed by atoms with E-state index in [4.69, 9.17) is 4.74 Å². The number of urea groups is 1. The molecule has 19 heavy (non-hydrogen) atoms. The van der Waals surface area contributed by atoms with Gasteiger partial charge in [0.05, 0.1) is 6.10 Å². The van der Waals surface area contributed by atoms with Crippen molar-refractivity contribution in [1.82, 2.24) is 15.5 Å². The molecule has 2 aliphatic heterocycles. The second-order valence-electron chi connectivity index (χ2n) is 6.18. The highest BCUT2D eigenvalue weighted by molar-refractivity contribution is 5.74. The van der Waals surface area contributed by atoms with Crippen molar-refractivity contribution >= 4 is 6.03 Å². The average molecular weight is 267 g/mol. The van der Waals surface area contributed by atoms with E-state index in [0.29, 0.717) is 12.6 Å². The molecule has 0 radical (unpaired) electrons. The van der Waals surface area contributed by atoms with Crippen LogP contribution in [0.15, 0.2) is 0 Å². The molecular formula is C14H25N3O2. The lowest BCUT2D eigenvalue weighted by Gasteiger charge is -2.17. The second kappa shape index (κ2) is 6.09. The average Bonchev–Trinajstić information content (AvgIpc) is 2.90. The predicted molar refractivity (Wildman–Crippen MR) is 73.1 cm³/mol. The van der Waals surface area contributed by atoms with E-state index in [0.717, 1.165) is 44.9 Å². The molecule has 2 N–H and O–H groups in total. The van der Waals surface area contributed by atoms with Gasteiger partial charge in [0, 0.05) is 38.8 Å². The van der Waals surface area contributed by atoms with Crippen molar-refractivity contribution in [2.45, 2.75) is 44.2 Å². The van der Waals surface area contributed by atoms with Gasteiger partial charge >= 0.3 is 6.03 Å². The predicted octanol–water partition coefficient (Wildman–Crippen LogP) is 0.949. The Balaban J connectivity index is 1.30. The van der Waals surface area contributed by atoms with Crippen LogP contribution in [-0.4, -0.2) is 55.9 Å². The molecule has 0 aromatic carbocycles. The topological polar surface area (TPSA) is 53.6 Å². The van der Waals surface area contributed by atoms with Crippen molar-refractivity contribution in [2.24, 2.45) is 5.92 Å². The molecule has 2 amide bonds. The molecule has 0 bridgehead atoms. The first-order valence-corrected chi connectivity index (χ1v) is 7.68. The fourth-order valence-electron chi connectivity index (χ4n) is 3.03. The van der Waals surface area contributed by atoms with Crippen LogP contribution >= 0.6 is 0 Å². The first-order chi connectivity index (χ1) is 9.29. The summed E-state index contributed by atoms with van der Waals surface area (Å²) < 4.78 is 5.49. The summed E-state index contributed by atoms with van der Waals surface area (Å²) in [6.07, 6.45) is 6.29. The number of carbonyl (C=O) groups is 1. The molecule has 3 fully saturated rings. The first kappa shape index (κ1) is 13.2. The molecule has 1 saturated carbocycles. The van der Waals surface area contributed by atoms with Crippen LogP contribution in [0.3, 0.4) is 0 Å². The van der Waals surface area contributed by atoms with Gasteiger partial charge in [-0.3, -0.25) is 0 Å². The van der Waals surface area contributed by atoms with Crippen LogP contribution in [0.25, 0.3) is 0 Å². The summed E-state index contributed by atoms with van der Waals surface area (Å²) >= 11 is 0. The van der Waals surface area contributed by atoms with Crippen LogP contribution in [0, 0.1) is 5.92 Å². The van der Waals surface area contributed by atoms with Gasteiger partial charge in [0.15, 0.2) is 0 Å². The minimum absolute atomic E-state index is 0.0335. The minimum atomic E-state index is -0.0335. The maximum atomic E-state index is 11.8. The van der Waals surface area contributed by atoms with Gasteiger partial charge in [-0.2, -0.15) is 0 Å². The molecule has 2 saturated heterocycles. The van der Waals surface area contributed by atoms with Crippen LogP contribution in [0.4, 0.5) is 4.79 Å². The molecule has 2 atom stereocenters. The Morgan fingerprint density at radius 3 is 2.89 bits per heavy atom. The van der Waals surface area contributed by atoms with E-state index in [9.17, 15) is 4.79 Å². The number of amides is 2. The quantitative estimate of drug-likeness (QED) is 0.780. The number of likely N-dealkylation sites (tertiary alicyclic amines) is 1. The van der Waals surface area contributed by atoms with E-state index < -0.39 is 0 Å². The number of ether oxygens (including phenoxy) is 1. The van der Waals surface area contributed by atoms with Gasteiger partial charge in [-0.1, -0.05) is 0 Å². The van der Waals surface area contributed by atoms with Crippen LogP contribution in [0.5, 0.6) is 0 Å². The lowest BCUT2D eigenvalue weighted by atomic mass is 10.2. The zero-order valence-electron chi connectivity index (χ0n) is 11.6. The highest BCUT2D eigenvalue weighted by Gasteiger charge is 2.29. The molecule has 0 aromatic heterocycles. The Morgan fingerprint density at radius 2 is 2.16 bits per heavy atom. The summed E-state index contributed by atoms with van der Waals surface area (Å²) in [7, 11) is 0. The van der Waals surface area contributed by atoms with E-state index >= 15 is 0 Å². The number of nitrogens with one attached hydrogen (secondary N) is 2. The van der Waals surface area contributed by atoms with Crippen LogP contribution in [0.2, 0.25) is 0 Å². The van der Waals surface area contributed by atoms with Crippen LogP contribution in [-0.2, 0) is 4.74 Å². The van der Waals surface area contributed by atoms with Gasteiger partial charge < -0.3 is 20.3 Å². The second-order valence-corrected chi connectivity index (χ2v) is 6.18. The minimum Gasteiger partial charge on any atom is -0.376 e. The zero-order valence-corrected chi connectivity index (χ0v) is 11.6. The fraction of sp³-hybridized carbons (Fsp3) is 0.929. The van der Waals surface area contributed by atoms with Crippen LogP contribution < -0.4 is 10.6 Å². The van der Waals surface area contributed by atoms with Crippen molar-refractivity contribution < 1.29 is 9.53 Å². The summed E-state index contributed by atoms with van der Waals surface area (Å²) in [6, 6.07) is 0.289. The summed E-state index contributed by atoms with van der Waals surface area (Å²) in [5.41, 5.74) is 0. The van der Waals surface area contributed by atoms with E-state index in [-0.39, 0.29) is 12.1 Å². The van der Waals surface area contributed by atoms with Gasteiger partial charge in [0.2, 0.25) is 0 Å². The Kier molecular flexibility index (Phi) is 4.23. The maximum Gasteiger partial charge on any atom is 0.315 e.